The van der Waals surface area contributed by atoms with Crippen molar-refractivity contribution in [2.45, 2.75) is 0 Å². The van der Waals surface area contributed by atoms with E-state index in [1.54, 1.807) is 0 Å². The summed E-state index contributed by atoms with van der Waals surface area (Å²) in [6, 6.07) is 9.30. The Balaban J connectivity index is 2.61. The van der Waals surface area contributed by atoms with E-state index in [2.05, 4.69) is 0 Å². The first-order valence-electron chi connectivity index (χ1n) is 2.72. The molecular formula is C6H9O2P. The Hall–Kier alpha value is -0.590. The Bertz CT molecular complexity index is 164. The molecule has 0 fully saturated rings. The minimum absolute atomic E-state index is 0.756. The molecule has 0 bridgehead atoms. The van der Waals surface area contributed by atoms with Crippen LogP contribution in [0.15, 0.2) is 30.3 Å². The molecule has 2 nitrogen and oxygen atoms in total. The van der Waals surface area contributed by atoms with Crippen molar-refractivity contribution < 1.29 is 9.42 Å². The SMILES string of the molecule is O[PH3]Oc1ccccc1. The molecule has 3 heteroatoms. The summed E-state index contributed by atoms with van der Waals surface area (Å²) in [4.78, 5) is 8.44. The predicted octanol–water partition coefficient (Wildman–Crippen LogP) is 1.03. The molecule has 0 saturated heterocycles. The molecule has 0 spiro atoms. The molecule has 1 rings (SSSR count). The monoisotopic (exact) mass is 144 g/mol. The van der Waals surface area contributed by atoms with Gasteiger partial charge in [-0.05, 0) is 0 Å². The van der Waals surface area contributed by atoms with Gasteiger partial charge in [0, 0.05) is 0 Å². The molecule has 0 aliphatic heterocycles. The van der Waals surface area contributed by atoms with Gasteiger partial charge in [-0.2, -0.15) is 0 Å². The fourth-order valence-electron chi connectivity index (χ4n) is 0.591. The third kappa shape index (κ3) is 2.00. The molecule has 1 N–H and O–H groups in total. The summed E-state index contributed by atoms with van der Waals surface area (Å²) in [7, 11) is -1.28. The van der Waals surface area contributed by atoms with Crippen LogP contribution in [-0.2, 0) is 0 Å². The standard InChI is InChI=1S/C6H9O2P/c7-9-8-6-4-2-1-3-5-6/h1-5,7H,9H3. The topological polar surface area (TPSA) is 29.5 Å². The van der Waals surface area contributed by atoms with Crippen LogP contribution >= 0.6 is 9.03 Å². The van der Waals surface area contributed by atoms with Gasteiger partial charge in [-0.1, -0.05) is 0 Å². The summed E-state index contributed by atoms with van der Waals surface area (Å²) >= 11 is 0. The predicted molar refractivity (Wildman–Crippen MR) is 40.4 cm³/mol. The van der Waals surface area contributed by atoms with Crippen LogP contribution in [0.4, 0.5) is 0 Å². The molecule has 0 aliphatic rings. The Kier molecular flexibility index (Phi) is 2.49. The van der Waals surface area contributed by atoms with Crippen molar-refractivity contribution in [2.24, 2.45) is 0 Å². The van der Waals surface area contributed by atoms with Crippen LogP contribution < -0.4 is 4.52 Å². The van der Waals surface area contributed by atoms with Crippen LogP contribution in [0, 0.1) is 0 Å². The zero-order valence-electron chi connectivity index (χ0n) is 4.95. The second kappa shape index (κ2) is 3.44. The summed E-state index contributed by atoms with van der Waals surface area (Å²) < 4.78 is 4.90. The Morgan fingerprint density at radius 3 is 2.44 bits per heavy atom. The van der Waals surface area contributed by atoms with Crippen molar-refractivity contribution in [1.82, 2.24) is 0 Å². The fraction of sp³-hybridized carbons (Fsp3) is 0. The van der Waals surface area contributed by atoms with Crippen LogP contribution in [-0.4, -0.2) is 4.89 Å². The molecule has 50 valence electrons. The Morgan fingerprint density at radius 2 is 1.89 bits per heavy atom. The first-order chi connectivity index (χ1) is 4.43. The molecule has 1 aromatic carbocycles. The van der Waals surface area contributed by atoms with Crippen molar-refractivity contribution in [1.29, 1.82) is 0 Å². The summed E-state index contributed by atoms with van der Waals surface area (Å²) in [6.45, 7) is 0. The van der Waals surface area contributed by atoms with Crippen LogP contribution in [0.5, 0.6) is 5.75 Å². The van der Waals surface area contributed by atoms with Crippen molar-refractivity contribution >= 4 is 9.03 Å². The van der Waals surface area contributed by atoms with Crippen molar-refractivity contribution in [3.63, 3.8) is 0 Å². The van der Waals surface area contributed by atoms with E-state index in [0.717, 1.165) is 5.75 Å². The summed E-state index contributed by atoms with van der Waals surface area (Å²) in [5, 5.41) is 0. The average Bonchev–Trinajstić information content (AvgIpc) is 1.91. The number of hydrogen-bond acceptors (Lipinski definition) is 2. The first kappa shape index (κ1) is 6.53. The number of hydrogen-bond donors (Lipinski definition) is 1. The van der Waals surface area contributed by atoms with E-state index in [4.69, 9.17) is 9.42 Å². The first-order valence-corrected chi connectivity index (χ1v) is 3.93. The fourth-order valence-corrected chi connectivity index (χ4v) is 0.933. The molecule has 0 aromatic heterocycles. The molecule has 0 atom stereocenters. The average molecular weight is 144 g/mol. The van der Waals surface area contributed by atoms with E-state index >= 15 is 0 Å². The second-order valence-electron chi connectivity index (χ2n) is 1.59. The van der Waals surface area contributed by atoms with Crippen LogP contribution in [0.1, 0.15) is 0 Å². The molecule has 0 radical (unpaired) electrons. The van der Waals surface area contributed by atoms with Gasteiger partial charge >= 0.3 is 54.5 Å². The van der Waals surface area contributed by atoms with Crippen LogP contribution in [0.2, 0.25) is 0 Å². The van der Waals surface area contributed by atoms with E-state index < -0.39 is 9.03 Å². The summed E-state index contributed by atoms with van der Waals surface area (Å²) in [5.41, 5.74) is 0. The molecule has 0 unspecified atom stereocenters. The maximum atomic E-state index is 8.44. The molecule has 1 aromatic rings. The minimum atomic E-state index is -1.28. The second-order valence-corrected chi connectivity index (χ2v) is 2.13. The Labute approximate surface area is 55.4 Å². The van der Waals surface area contributed by atoms with Gasteiger partial charge in [0.15, 0.2) is 0 Å². The van der Waals surface area contributed by atoms with Gasteiger partial charge in [0.25, 0.3) is 0 Å². The van der Waals surface area contributed by atoms with E-state index in [0.29, 0.717) is 0 Å². The normalized spacial score (nSPS) is 9.44. The van der Waals surface area contributed by atoms with Gasteiger partial charge in [-0.3, -0.25) is 0 Å². The molecular weight excluding hydrogens is 135 g/mol. The van der Waals surface area contributed by atoms with E-state index in [9.17, 15) is 0 Å². The van der Waals surface area contributed by atoms with Crippen molar-refractivity contribution in [3.05, 3.63) is 30.3 Å². The van der Waals surface area contributed by atoms with Gasteiger partial charge in [-0.25, -0.2) is 0 Å². The van der Waals surface area contributed by atoms with E-state index in [1.807, 2.05) is 30.3 Å². The molecule has 0 saturated carbocycles. The van der Waals surface area contributed by atoms with E-state index in [1.165, 1.54) is 0 Å². The zero-order chi connectivity index (χ0) is 6.53. The summed E-state index contributed by atoms with van der Waals surface area (Å²) in [6.07, 6.45) is 0. The van der Waals surface area contributed by atoms with Crippen molar-refractivity contribution in [2.75, 3.05) is 0 Å². The maximum absolute atomic E-state index is 8.44. The van der Waals surface area contributed by atoms with Crippen LogP contribution in [0.3, 0.4) is 0 Å². The summed E-state index contributed by atoms with van der Waals surface area (Å²) in [5.74, 6) is 0.756. The third-order valence-electron chi connectivity index (χ3n) is 0.974. The van der Waals surface area contributed by atoms with Gasteiger partial charge in [0.05, 0.1) is 0 Å². The molecule has 0 heterocycles. The molecule has 9 heavy (non-hydrogen) atoms. The van der Waals surface area contributed by atoms with E-state index in [-0.39, 0.29) is 0 Å². The third-order valence-corrected chi connectivity index (χ3v) is 1.44. The molecule has 0 amide bonds. The zero-order valence-corrected chi connectivity index (χ0v) is 6.36. The number of para-hydroxylation sites is 1. The number of rotatable bonds is 2. The quantitative estimate of drug-likeness (QED) is 0.628. The van der Waals surface area contributed by atoms with Gasteiger partial charge in [-0.15, -0.1) is 0 Å². The van der Waals surface area contributed by atoms with Crippen molar-refractivity contribution in [3.8, 4) is 5.75 Å². The number of benzene rings is 1. The van der Waals surface area contributed by atoms with Crippen LogP contribution in [0.25, 0.3) is 0 Å². The van der Waals surface area contributed by atoms with Gasteiger partial charge in [0.2, 0.25) is 0 Å². The Morgan fingerprint density at radius 1 is 1.22 bits per heavy atom. The molecule has 0 aliphatic carbocycles. The van der Waals surface area contributed by atoms with Gasteiger partial charge in [0.1, 0.15) is 0 Å². The van der Waals surface area contributed by atoms with Gasteiger partial charge < -0.3 is 0 Å².